The second kappa shape index (κ2) is 10.0. The van der Waals surface area contributed by atoms with E-state index in [2.05, 4.69) is 5.32 Å². The number of rotatable bonds is 6. The summed E-state index contributed by atoms with van der Waals surface area (Å²) in [7, 11) is 0. The number of nitrogens with zero attached hydrogens (tertiary/aromatic N) is 2. The van der Waals surface area contributed by atoms with Crippen molar-refractivity contribution in [3.05, 3.63) is 46.0 Å². The molecule has 8 heteroatoms. The van der Waals surface area contributed by atoms with Gasteiger partial charge in [0.1, 0.15) is 5.60 Å². The topological polar surface area (TPSA) is 102 Å². The Morgan fingerprint density at radius 2 is 2.07 bits per heavy atom. The van der Waals surface area contributed by atoms with Crippen LogP contribution in [0.1, 0.15) is 45.6 Å². The van der Waals surface area contributed by atoms with E-state index in [1.165, 1.54) is 18.2 Å². The predicted octanol–water partition coefficient (Wildman–Crippen LogP) is 3.76. The van der Waals surface area contributed by atoms with E-state index < -0.39 is 10.5 Å². The molecule has 0 spiro atoms. The number of hydrogen-bond acceptors (Lipinski definition) is 5. The van der Waals surface area contributed by atoms with Crippen molar-refractivity contribution in [3.63, 3.8) is 0 Å². The molecule has 1 atom stereocenters. The Bertz CT molecular complexity index is 770. The molecule has 158 valence electrons. The van der Waals surface area contributed by atoms with Crippen LogP contribution in [0.5, 0.6) is 0 Å². The zero-order valence-corrected chi connectivity index (χ0v) is 17.2. The summed E-state index contributed by atoms with van der Waals surface area (Å²) in [4.78, 5) is 36.5. The molecule has 1 aromatic carbocycles. The predicted molar refractivity (Wildman–Crippen MR) is 110 cm³/mol. The molecule has 0 saturated carbocycles. The summed E-state index contributed by atoms with van der Waals surface area (Å²) in [6.45, 7) is 7.33. The van der Waals surface area contributed by atoms with Crippen LogP contribution in [0.15, 0.2) is 30.3 Å². The van der Waals surface area contributed by atoms with Gasteiger partial charge in [0.2, 0.25) is 5.91 Å². The number of amides is 2. The number of likely N-dealkylation sites (tertiary alicyclic amines) is 1. The number of nitro groups is 1. The Kier molecular flexibility index (Phi) is 7.75. The number of carbonyl (C=O) groups is 2. The molecule has 1 aliphatic heterocycles. The quantitative estimate of drug-likeness (QED) is 0.443. The van der Waals surface area contributed by atoms with Crippen molar-refractivity contribution in [2.75, 3.05) is 19.6 Å². The summed E-state index contributed by atoms with van der Waals surface area (Å²) in [6, 6.07) is 6.26. The summed E-state index contributed by atoms with van der Waals surface area (Å²) in [5.41, 5.74) is -0.174. The van der Waals surface area contributed by atoms with Crippen LogP contribution in [0.4, 0.5) is 10.5 Å². The van der Waals surface area contributed by atoms with Gasteiger partial charge in [-0.15, -0.1) is 0 Å². The summed E-state index contributed by atoms with van der Waals surface area (Å²) in [5.74, 6) is -0.00119. The fraction of sp³-hybridized carbons (Fsp3) is 0.524. The monoisotopic (exact) mass is 403 g/mol. The first-order valence-corrected chi connectivity index (χ1v) is 9.83. The van der Waals surface area contributed by atoms with Gasteiger partial charge in [0.15, 0.2) is 0 Å². The Morgan fingerprint density at radius 1 is 1.34 bits per heavy atom. The van der Waals surface area contributed by atoms with Gasteiger partial charge in [-0.2, -0.15) is 0 Å². The van der Waals surface area contributed by atoms with Crippen LogP contribution in [0.3, 0.4) is 0 Å². The lowest BCUT2D eigenvalue weighted by Gasteiger charge is -2.34. The summed E-state index contributed by atoms with van der Waals surface area (Å²) in [6.07, 6.45) is 5.12. The highest BCUT2D eigenvalue weighted by molar-refractivity contribution is 5.92. The molecule has 0 bridgehead atoms. The summed E-state index contributed by atoms with van der Waals surface area (Å²) in [5, 5.41) is 13.8. The van der Waals surface area contributed by atoms with Gasteiger partial charge in [0.05, 0.1) is 10.5 Å². The summed E-state index contributed by atoms with van der Waals surface area (Å²) < 4.78 is 5.43. The molecule has 1 heterocycles. The van der Waals surface area contributed by atoms with Crippen LogP contribution in [0.25, 0.3) is 6.08 Å². The van der Waals surface area contributed by atoms with Gasteiger partial charge >= 0.3 is 6.09 Å². The molecule has 29 heavy (non-hydrogen) atoms. The zero-order chi connectivity index (χ0) is 21.4. The van der Waals surface area contributed by atoms with Gasteiger partial charge in [-0.05, 0) is 58.1 Å². The van der Waals surface area contributed by atoms with Gasteiger partial charge in [-0.25, -0.2) is 4.79 Å². The lowest BCUT2D eigenvalue weighted by molar-refractivity contribution is -0.385. The fourth-order valence-electron chi connectivity index (χ4n) is 3.21. The van der Waals surface area contributed by atoms with E-state index in [-0.39, 0.29) is 17.7 Å². The molecule has 1 saturated heterocycles. The van der Waals surface area contributed by atoms with Crippen molar-refractivity contribution in [1.29, 1.82) is 0 Å². The molecule has 0 radical (unpaired) electrons. The molecule has 1 aromatic rings. The molecule has 1 unspecified atom stereocenters. The maximum atomic E-state index is 12.2. The van der Waals surface area contributed by atoms with Crippen molar-refractivity contribution < 1.29 is 19.2 Å². The van der Waals surface area contributed by atoms with Crippen molar-refractivity contribution in [2.45, 2.75) is 45.6 Å². The van der Waals surface area contributed by atoms with Gasteiger partial charge in [0.25, 0.3) is 5.69 Å². The number of carbonyl (C=O) groups excluding carboxylic acids is 2. The van der Waals surface area contributed by atoms with Gasteiger partial charge in [-0.1, -0.05) is 12.1 Å². The third-order valence-corrected chi connectivity index (χ3v) is 4.57. The standard InChI is InChI=1S/C21H29N3O5/c1-21(2,3)29-20(26)23-14-6-7-16(15-23)12-13-22-19(25)11-10-17-8-4-5-9-18(17)24(27)28/h4-5,8-11,16H,6-7,12-15H2,1-3H3,(H,22,25). The van der Waals surface area contributed by atoms with Crippen molar-refractivity contribution in [1.82, 2.24) is 10.2 Å². The first-order chi connectivity index (χ1) is 13.7. The average molecular weight is 403 g/mol. The van der Waals surface area contributed by atoms with Gasteiger partial charge in [-0.3, -0.25) is 14.9 Å². The van der Waals surface area contributed by atoms with Crippen LogP contribution in [0, 0.1) is 16.0 Å². The van der Waals surface area contributed by atoms with E-state index in [1.807, 2.05) is 20.8 Å². The highest BCUT2D eigenvalue weighted by Gasteiger charge is 2.27. The number of nitrogens with one attached hydrogen (secondary N) is 1. The SMILES string of the molecule is CC(C)(C)OC(=O)N1CCCC(CCNC(=O)C=Cc2ccccc2[N+](=O)[O-])C1. The largest absolute Gasteiger partial charge is 0.444 e. The molecule has 1 N–H and O–H groups in total. The minimum atomic E-state index is -0.516. The first-order valence-electron chi connectivity index (χ1n) is 9.83. The number of para-hydroxylation sites is 1. The third kappa shape index (κ3) is 7.56. The summed E-state index contributed by atoms with van der Waals surface area (Å²) >= 11 is 0. The molecule has 0 aromatic heterocycles. The minimum Gasteiger partial charge on any atom is -0.444 e. The Balaban J connectivity index is 1.78. The van der Waals surface area contributed by atoms with E-state index in [0.717, 1.165) is 19.3 Å². The van der Waals surface area contributed by atoms with Crippen LogP contribution >= 0.6 is 0 Å². The fourth-order valence-corrected chi connectivity index (χ4v) is 3.21. The van der Waals surface area contributed by atoms with Crippen molar-refractivity contribution in [2.24, 2.45) is 5.92 Å². The van der Waals surface area contributed by atoms with Crippen LogP contribution in [-0.2, 0) is 9.53 Å². The van der Waals surface area contributed by atoms with E-state index in [0.29, 0.717) is 31.1 Å². The maximum Gasteiger partial charge on any atom is 0.410 e. The number of benzene rings is 1. The van der Waals surface area contributed by atoms with Gasteiger partial charge < -0.3 is 15.0 Å². The van der Waals surface area contributed by atoms with Crippen LogP contribution < -0.4 is 5.32 Å². The van der Waals surface area contributed by atoms with E-state index in [1.54, 1.807) is 23.1 Å². The Morgan fingerprint density at radius 3 is 2.76 bits per heavy atom. The first kappa shape index (κ1) is 22.4. The van der Waals surface area contributed by atoms with Gasteiger partial charge in [0, 0.05) is 31.8 Å². The van der Waals surface area contributed by atoms with Crippen LogP contribution in [-0.4, -0.2) is 47.1 Å². The van der Waals surface area contributed by atoms with Crippen molar-refractivity contribution in [3.8, 4) is 0 Å². The number of piperidine rings is 1. The highest BCUT2D eigenvalue weighted by atomic mass is 16.6. The molecular formula is C21H29N3O5. The van der Waals surface area contributed by atoms with Crippen LogP contribution in [0.2, 0.25) is 0 Å². The lowest BCUT2D eigenvalue weighted by Crippen LogP contribution is -2.43. The second-order valence-corrected chi connectivity index (χ2v) is 8.16. The number of nitro benzene ring substituents is 1. The molecule has 8 nitrogen and oxygen atoms in total. The molecule has 0 aliphatic carbocycles. The second-order valence-electron chi connectivity index (χ2n) is 8.16. The highest BCUT2D eigenvalue weighted by Crippen LogP contribution is 2.21. The Hall–Kier alpha value is -2.90. The molecular weight excluding hydrogens is 374 g/mol. The molecule has 2 rings (SSSR count). The maximum absolute atomic E-state index is 12.2. The number of hydrogen-bond donors (Lipinski definition) is 1. The third-order valence-electron chi connectivity index (χ3n) is 4.57. The zero-order valence-electron chi connectivity index (χ0n) is 17.2. The molecule has 2 amide bonds. The normalized spacial score (nSPS) is 17.2. The molecule has 1 aliphatic rings. The minimum absolute atomic E-state index is 0.0408. The van der Waals surface area contributed by atoms with E-state index in [4.69, 9.17) is 4.74 Å². The smallest absolute Gasteiger partial charge is 0.410 e. The van der Waals surface area contributed by atoms with Crippen molar-refractivity contribution >= 4 is 23.8 Å². The number of ether oxygens (including phenoxy) is 1. The Labute approximate surface area is 171 Å². The van der Waals surface area contributed by atoms with E-state index >= 15 is 0 Å². The van der Waals surface area contributed by atoms with E-state index in [9.17, 15) is 19.7 Å². The molecule has 1 fully saturated rings. The lowest BCUT2D eigenvalue weighted by atomic mass is 9.95. The average Bonchev–Trinajstić information content (AvgIpc) is 2.65.